The molecule has 3 rings (SSSR count). The lowest BCUT2D eigenvalue weighted by atomic mass is 10.2. The van der Waals surface area contributed by atoms with Gasteiger partial charge in [-0.05, 0) is 49.4 Å². The van der Waals surface area contributed by atoms with Crippen molar-refractivity contribution in [2.45, 2.75) is 17.9 Å². The van der Waals surface area contributed by atoms with E-state index in [9.17, 15) is 16.8 Å². The molecule has 0 unspecified atom stereocenters. The number of rotatable bonds is 4. The van der Waals surface area contributed by atoms with Crippen LogP contribution >= 0.6 is 15.9 Å². The summed E-state index contributed by atoms with van der Waals surface area (Å²) in [5.41, 5.74) is 1.42. The molecule has 0 bridgehead atoms. The molecule has 1 atom stereocenters. The van der Waals surface area contributed by atoms with E-state index in [-0.39, 0.29) is 10.6 Å². The van der Waals surface area contributed by atoms with Crippen LogP contribution in [-0.4, -0.2) is 28.6 Å². The van der Waals surface area contributed by atoms with Gasteiger partial charge in [0.25, 0.3) is 10.0 Å². The van der Waals surface area contributed by atoms with Gasteiger partial charge < -0.3 is 0 Å². The van der Waals surface area contributed by atoms with E-state index in [1.165, 1.54) is 22.5 Å². The fraction of sp³-hybridized carbons (Fsp3) is 0.176. The summed E-state index contributed by atoms with van der Waals surface area (Å²) in [7, 11) is -7.32. The Bertz CT molecular complexity index is 1010. The van der Waals surface area contributed by atoms with Crippen molar-refractivity contribution in [3.63, 3.8) is 0 Å². The van der Waals surface area contributed by atoms with Crippen LogP contribution < -0.4 is 4.31 Å². The molecule has 2 aromatic carbocycles. The Hall–Kier alpha value is -1.64. The van der Waals surface area contributed by atoms with E-state index >= 15 is 0 Å². The minimum Gasteiger partial charge on any atom is -0.258 e. The topological polar surface area (TPSA) is 71.5 Å². The Morgan fingerprint density at radius 1 is 1.04 bits per heavy atom. The molecule has 1 aliphatic heterocycles. The van der Waals surface area contributed by atoms with E-state index in [2.05, 4.69) is 15.9 Å². The number of aryl methyl sites for hydroxylation is 1. The van der Waals surface area contributed by atoms with Crippen LogP contribution in [0, 0.1) is 6.92 Å². The van der Waals surface area contributed by atoms with E-state index in [0.717, 1.165) is 15.4 Å². The van der Waals surface area contributed by atoms with Crippen LogP contribution in [0.25, 0.3) is 0 Å². The molecule has 0 aliphatic carbocycles. The van der Waals surface area contributed by atoms with E-state index in [1.807, 2.05) is 6.92 Å². The van der Waals surface area contributed by atoms with E-state index in [1.54, 1.807) is 36.4 Å². The minimum atomic E-state index is -3.92. The van der Waals surface area contributed by atoms with Gasteiger partial charge in [0.2, 0.25) is 0 Å². The minimum absolute atomic E-state index is 0.106. The molecule has 0 N–H and O–H groups in total. The molecule has 132 valence electrons. The van der Waals surface area contributed by atoms with Crippen LogP contribution in [0.5, 0.6) is 0 Å². The number of sulfone groups is 1. The number of hydrogen-bond donors (Lipinski definition) is 0. The molecule has 0 aromatic heterocycles. The van der Waals surface area contributed by atoms with Crippen LogP contribution in [0.15, 0.2) is 69.4 Å². The van der Waals surface area contributed by atoms with E-state index in [4.69, 9.17) is 0 Å². The van der Waals surface area contributed by atoms with Crippen molar-refractivity contribution in [1.82, 2.24) is 0 Å². The zero-order valence-electron chi connectivity index (χ0n) is 13.3. The quantitative estimate of drug-likeness (QED) is 0.729. The molecule has 2 aromatic rings. The Labute approximate surface area is 156 Å². The zero-order chi connectivity index (χ0) is 18.2. The molecular weight excluding hydrogens is 426 g/mol. The zero-order valence-corrected chi connectivity index (χ0v) is 16.6. The van der Waals surface area contributed by atoms with Crippen molar-refractivity contribution in [1.29, 1.82) is 0 Å². The molecule has 25 heavy (non-hydrogen) atoms. The fourth-order valence-electron chi connectivity index (χ4n) is 2.63. The van der Waals surface area contributed by atoms with Crippen LogP contribution in [0.4, 0.5) is 5.69 Å². The number of nitrogens with zero attached hydrogens (tertiary/aromatic N) is 1. The molecule has 0 saturated heterocycles. The maximum atomic E-state index is 13.2. The predicted octanol–water partition coefficient (Wildman–Crippen LogP) is 3.26. The highest BCUT2D eigenvalue weighted by Gasteiger charge is 2.35. The third kappa shape index (κ3) is 3.80. The van der Waals surface area contributed by atoms with Crippen molar-refractivity contribution >= 4 is 41.5 Å². The first-order valence-electron chi connectivity index (χ1n) is 7.47. The highest BCUT2D eigenvalue weighted by molar-refractivity contribution is 9.10. The average Bonchev–Trinajstić information content (AvgIpc) is 2.89. The number of halogens is 1. The Morgan fingerprint density at radius 2 is 1.64 bits per heavy atom. The Kier molecular flexibility index (Phi) is 4.78. The maximum Gasteiger partial charge on any atom is 0.264 e. The van der Waals surface area contributed by atoms with E-state index < -0.39 is 25.9 Å². The molecule has 0 saturated carbocycles. The first-order valence-corrected chi connectivity index (χ1v) is 11.4. The highest BCUT2D eigenvalue weighted by atomic mass is 79.9. The van der Waals surface area contributed by atoms with Gasteiger partial charge in [-0.1, -0.05) is 33.6 Å². The number of sulfonamides is 1. The summed E-state index contributed by atoms with van der Waals surface area (Å²) in [4.78, 5) is 0.106. The molecule has 0 fully saturated rings. The highest BCUT2D eigenvalue weighted by Crippen LogP contribution is 2.30. The smallest absolute Gasteiger partial charge is 0.258 e. The summed E-state index contributed by atoms with van der Waals surface area (Å²) in [5.74, 6) is -0.267. The number of anilines is 1. The summed E-state index contributed by atoms with van der Waals surface area (Å²) in [5, 5.41) is 1.08. The number of benzene rings is 2. The largest absolute Gasteiger partial charge is 0.264 e. The standard InChI is InChI=1S/C17H16BrNO4S2/c1-13-2-6-15(7-3-13)19(16-10-11-24(20,21)12-16)25(22,23)17-8-4-14(18)5-9-17/h2-11,16H,12H2,1H3/t16-/m0/s1. The van der Waals surface area contributed by atoms with Gasteiger partial charge in [0.1, 0.15) is 0 Å². The monoisotopic (exact) mass is 441 g/mol. The lowest BCUT2D eigenvalue weighted by Gasteiger charge is -2.29. The summed E-state index contributed by atoms with van der Waals surface area (Å²) in [6, 6.07) is 12.5. The van der Waals surface area contributed by atoms with Crippen molar-refractivity contribution in [3.05, 3.63) is 70.1 Å². The lowest BCUT2D eigenvalue weighted by Crippen LogP contribution is -2.41. The van der Waals surface area contributed by atoms with Crippen molar-refractivity contribution in [3.8, 4) is 0 Å². The molecule has 1 heterocycles. The third-order valence-corrected chi connectivity index (χ3v) is 7.65. The number of hydrogen-bond acceptors (Lipinski definition) is 4. The van der Waals surface area contributed by atoms with Crippen LogP contribution in [0.1, 0.15) is 5.56 Å². The van der Waals surface area contributed by atoms with Gasteiger partial charge in [0.05, 0.1) is 22.4 Å². The van der Waals surface area contributed by atoms with Crippen LogP contribution in [-0.2, 0) is 19.9 Å². The Morgan fingerprint density at radius 3 is 2.16 bits per heavy atom. The first-order chi connectivity index (χ1) is 11.7. The van der Waals surface area contributed by atoms with Gasteiger partial charge in [0, 0.05) is 9.88 Å². The SMILES string of the molecule is Cc1ccc(N([C@H]2C=CS(=O)(=O)C2)S(=O)(=O)c2ccc(Br)cc2)cc1. The van der Waals surface area contributed by atoms with Gasteiger partial charge in [-0.25, -0.2) is 16.8 Å². The maximum absolute atomic E-state index is 13.2. The predicted molar refractivity (Wildman–Crippen MR) is 102 cm³/mol. The van der Waals surface area contributed by atoms with Gasteiger partial charge in [0.15, 0.2) is 9.84 Å². The first kappa shape index (κ1) is 18.2. The molecular formula is C17H16BrNO4S2. The molecule has 0 spiro atoms. The van der Waals surface area contributed by atoms with Gasteiger partial charge >= 0.3 is 0 Å². The molecule has 5 nitrogen and oxygen atoms in total. The Balaban J connectivity index is 2.12. The second-order valence-electron chi connectivity index (χ2n) is 5.82. The normalized spacial score (nSPS) is 19.0. The molecule has 0 amide bonds. The van der Waals surface area contributed by atoms with Gasteiger partial charge in [-0.15, -0.1) is 0 Å². The summed E-state index contributed by atoms with van der Waals surface area (Å²) >= 11 is 3.28. The second kappa shape index (κ2) is 6.59. The summed E-state index contributed by atoms with van der Waals surface area (Å²) < 4.78 is 52.0. The second-order valence-corrected chi connectivity index (χ2v) is 10.5. The van der Waals surface area contributed by atoms with Crippen molar-refractivity contribution < 1.29 is 16.8 Å². The molecule has 8 heteroatoms. The summed E-state index contributed by atoms with van der Waals surface area (Å²) in [6.45, 7) is 1.90. The van der Waals surface area contributed by atoms with Gasteiger partial charge in [-0.2, -0.15) is 0 Å². The van der Waals surface area contributed by atoms with Gasteiger partial charge in [-0.3, -0.25) is 4.31 Å². The lowest BCUT2D eigenvalue weighted by molar-refractivity contribution is 0.586. The van der Waals surface area contributed by atoms with Crippen molar-refractivity contribution in [2.75, 3.05) is 10.1 Å². The average molecular weight is 442 g/mol. The summed E-state index contributed by atoms with van der Waals surface area (Å²) in [6.07, 6.45) is 1.42. The third-order valence-electron chi connectivity index (χ3n) is 3.87. The van der Waals surface area contributed by atoms with Crippen LogP contribution in [0.3, 0.4) is 0 Å². The van der Waals surface area contributed by atoms with Crippen molar-refractivity contribution in [2.24, 2.45) is 0 Å². The van der Waals surface area contributed by atoms with Crippen LogP contribution in [0.2, 0.25) is 0 Å². The fourth-order valence-corrected chi connectivity index (χ4v) is 5.86. The molecule has 0 radical (unpaired) electrons. The van der Waals surface area contributed by atoms with E-state index in [0.29, 0.717) is 5.69 Å². The molecule has 1 aliphatic rings.